The Morgan fingerprint density at radius 3 is 2.44 bits per heavy atom. The topological polar surface area (TPSA) is 15.3 Å². The Bertz CT molecular complexity index is 164. The Morgan fingerprint density at radius 1 is 1.19 bits per heavy atom. The first kappa shape index (κ1) is 14.0. The lowest BCUT2D eigenvalue weighted by molar-refractivity contribution is 0.150. The van der Waals surface area contributed by atoms with Crippen molar-refractivity contribution in [1.82, 2.24) is 10.2 Å². The number of likely N-dealkylation sites (N-methyl/N-ethyl adjacent to an activating group) is 1. The SMILES string of the molecule is CCCNC(C)CN(CC)C1CCCCC1. The summed E-state index contributed by atoms with van der Waals surface area (Å²) in [6.07, 6.45) is 8.43. The van der Waals surface area contributed by atoms with Crippen molar-refractivity contribution in [3.8, 4) is 0 Å². The zero-order chi connectivity index (χ0) is 11.8. The Morgan fingerprint density at radius 2 is 1.88 bits per heavy atom. The molecule has 0 radical (unpaired) electrons. The minimum Gasteiger partial charge on any atom is -0.313 e. The van der Waals surface area contributed by atoms with Crippen molar-refractivity contribution >= 4 is 0 Å². The molecule has 0 bridgehead atoms. The summed E-state index contributed by atoms with van der Waals surface area (Å²) < 4.78 is 0. The van der Waals surface area contributed by atoms with Crippen molar-refractivity contribution in [2.75, 3.05) is 19.6 Å². The lowest BCUT2D eigenvalue weighted by Crippen LogP contribution is -2.45. The summed E-state index contributed by atoms with van der Waals surface area (Å²) >= 11 is 0. The van der Waals surface area contributed by atoms with E-state index in [1.54, 1.807) is 0 Å². The van der Waals surface area contributed by atoms with E-state index in [1.165, 1.54) is 51.6 Å². The Balaban J connectivity index is 2.29. The Labute approximate surface area is 102 Å². The standard InChI is InChI=1S/C14H30N2/c1-4-11-15-13(3)12-16(5-2)14-9-7-6-8-10-14/h13-15H,4-12H2,1-3H3. The second kappa shape index (κ2) is 8.08. The largest absolute Gasteiger partial charge is 0.313 e. The van der Waals surface area contributed by atoms with Gasteiger partial charge in [0.05, 0.1) is 0 Å². The molecule has 1 rings (SSSR count). The summed E-state index contributed by atoms with van der Waals surface area (Å²) in [5, 5.41) is 3.59. The van der Waals surface area contributed by atoms with Crippen LogP contribution in [-0.4, -0.2) is 36.6 Å². The van der Waals surface area contributed by atoms with Gasteiger partial charge in [0.2, 0.25) is 0 Å². The van der Waals surface area contributed by atoms with E-state index in [2.05, 4.69) is 31.0 Å². The van der Waals surface area contributed by atoms with E-state index >= 15 is 0 Å². The van der Waals surface area contributed by atoms with Crippen LogP contribution in [0.15, 0.2) is 0 Å². The van der Waals surface area contributed by atoms with Gasteiger partial charge >= 0.3 is 0 Å². The summed E-state index contributed by atoms with van der Waals surface area (Å²) in [4.78, 5) is 2.69. The second-order valence-corrected chi connectivity index (χ2v) is 5.23. The normalized spacial score (nSPS) is 20.2. The maximum Gasteiger partial charge on any atom is 0.0166 e. The maximum absolute atomic E-state index is 3.59. The molecule has 1 fully saturated rings. The van der Waals surface area contributed by atoms with Crippen LogP contribution in [0, 0.1) is 0 Å². The average molecular weight is 226 g/mol. The summed E-state index contributed by atoms with van der Waals surface area (Å²) in [7, 11) is 0. The number of rotatable bonds is 7. The van der Waals surface area contributed by atoms with E-state index in [0.717, 1.165) is 12.6 Å². The summed E-state index contributed by atoms with van der Waals surface area (Å²) in [5.74, 6) is 0. The highest BCUT2D eigenvalue weighted by atomic mass is 15.2. The van der Waals surface area contributed by atoms with Crippen molar-refractivity contribution in [3.63, 3.8) is 0 Å². The molecular formula is C14H30N2. The van der Waals surface area contributed by atoms with Crippen LogP contribution >= 0.6 is 0 Å². The Hall–Kier alpha value is -0.0800. The molecule has 2 heteroatoms. The molecular weight excluding hydrogens is 196 g/mol. The Kier molecular flexibility index (Phi) is 7.06. The van der Waals surface area contributed by atoms with Crippen molar-refractivity contribution < 1.29 is 0 Å². The lowest BCUT2D eigenvalue weighted by atomic mass is 9.94. The molecule has 0 spiro atoms. The average Bonchev–Trinajstić information content (AvgIpc) is 2.34. The van der Waals surface area contributed by atoms with Crippen LogP contribution < -0.4 is 5.32 Å². The van der Waals surface area contributed by atoms with Crippen molar-refractivity contribution in [2.24, 2.45) is 0 Å². The van der Waals surface area contributed by atoms with E-state index in [-0.39, 0.29) is 0 Å². The molecule has 1 saturated carbocycles. The molecule has 0 aliphatic heterocycles. The number of nitrogens with zero attached hydrogens (tertiary/aromatic N) is 1. The first-order valence-corrected chi connectivity index (χ1v) is 7.25. The minimum atomic E-state index is 0.641. The van der Waals surface area contributed by atoms with Gasteiger partial charge in [-0.25, -0.2) is 0 Å². The zero-order valence-corrected chi connectivity index (χ0v) is 11.5. The fourth-order valence-corrected chi connectivity index (χ4v) is 2.79. The highest BCUT2D eigenvalue weighted by molar-refractivity contribution is 4.78. The summed E-state index contributed by atoms with van der Waals surface area (Å²) in [6, 6.07) is 1.51. The highest BCUT2D eigenvalue weighted by Gasteiger charge is 2.20. The monoisotopic (exact) mass is 226 g/mol. The molecule has 16 heavy (non-hydrogen) atoms. The van der Waals surface area contributed by atoms with E-state index in [0.29, 0.717) is 6.04 Å². The number of hydrogen-bond acceptors (Lipinski definition) is 2. The van der Waals surface area contributed by atoms with Gasteiger partial charge in [0.1, 0.15) is 0 Å². The van der Waals surface area contributed by atoms with Gasteiger partial charge in [-0.3, -0.25) is 4.90 Å². The van der Waals surface area contributed by atoms with Crippen LogP contribution in [0.3, 0.4) is 0 Å². The maximum atomic E-state index is 3.59. The molecule has 0 saturated heterocycles. The predicted molar refractivity (Wildman–Crippen MR) is 71.9 cm³/mol. The third kappa shape index (κ3) is 4.84. The summed E-state index contributed by atoms with van der Waals surface area (Å²) in [5.41, 5.74) is 0. The summed E-state index contributed by atoms with van der Waals surface area (Å²) in [6.45, 7) is 10.5. The molecule has 0 aromatic heterocycles. The third-order valence-electron chi connectivity index (χ3n) is 3.75. The van der Waals surface area contributed by atoms with Crippen molar-refractivity contribution in [2.45, 2.75) is 71.4 Å². The van der Waals surface area contributed by atoms with Gasteiger partial charge in [-0.15, -0.1) is 0 Å². The fraction of sp³-hybridized carbons (Fsp3) is 1.00. The first-order chi connectivity index (χ1) is 7.77. The molecule has 1 aliphatic rings. The minimum absolute atomic E-state index is 0.641. The van der Waals surface area contributed by atoms with Gasteiger partial charge in [-0.05, 0) is 39.3 Å². The van der Waals surface area contributed by atoms with E-state index in [9.17, 15) is 0 Å². The van der Waals surface area contributed by atoms with Gasteiger partial charge in [0.15, 0.2) is 0 Å². The highest BCUT2D eigenvalue weighted by Crippen LogP contribution is 2.22. The van der Waals surface area contributed by atoms with Gasteiger partial charge in [-0.1, -0.05) is 33.1 Å². The van der Waals surface area contributed by atoms with Crippen LogP contribution in [0.25, 0.3) is 0 Å². The molecule has 1 aliphatic carbocycles. The fourth-order valence-electron chi connectivity index (χ4n) is 2.79. The molecule has 1 N–H and O–H groups in total. The van der Waals surface area contributed by atoms with Crippen molar-refractivity contribution in [1.29, 1.82) is 0 Å². The predicted octanol–water partition coefficient (Wildman–Crippen LogP) is 3.03. The van der Waals surface area contributed by atoms with Crippen LogP contribution in [0.5, 0.6) is 0 Å². The van der Waals surface area contributed by atoms with Gasteiger partial charge in [0, 0.05) is 18.6 Å². The van der Waals surface area contributed by atoms with Crippen LogP contribution in [-0.2, 0) is 0 Å². The van der Waals surface area contributed by atoms with Gasteiger partial charge in [0.25, 0.3) is 0 Å². The molecule has 2 nitrogen and oxygen atoms in total. The van der Waals surface area contributed by atoms with Crippen molar-refractivity contribution in [3.05, 3.63) is 0 Å². The zero-order valence-electron chi connectivity index (χ0n) is 11.5. The molecule has 0 amide bonds. The van der Waals surface area contributed by atoms with Gasteiger partial charge in [-0.2, -0.15) is 0 Å². The van der Waals surface area contributed by atoms with Gasteiger partial charge < -0.3 is 5.32 Å². The molecule has 0 heterocycles. The first-order valence-electron chi connectivity index (χ1n) is 7.25. The van der Waals surface area contributed by atoms with Crippen LogP contribution in [0.1, 0.15) is 59.3 Å². The second-order valence-electron chi connectivity index (χ2n) is 5.23. The van der Waals surface area contributed by atoms with Crippen LogP contribution in [0.4, 0.5) is 0 Å². The molecule has 0 aromatic carbocycles. The third-order valence-corrected chi connectivity index (χ3v) is 3.75. The number of nitrogens with one attached hydrogen (secondary N) is 1. The molecule has 96 valence electrons. The van der Waals surface area contributed by atoms with E-state index in [1.807, 2.05) is 0 Å². The van der Waals surface area contributed by atoms with Crippen LogP contribution in [0.2, 0.25) is 0 Å². The number of hydrogen-bond donors (Lipinski definition) is 1. The van der Waals surface area contributed by atoms with E-state index < -0.39 is 0 Å². The molecule has 0 aromatic rings. The molecule has 1 atom stereocenters. The molecule has 1 unspecified atom stereocenters. The lowest BCUT2D eigenvalue weighted by Gasteiger charge is -2.35. The smallest absolute Gasteiger partial charge is 0.0166 e. The quantitative estimate of drug-likeness (QED) is 0.718. The van der Waals surface area contributed by atoms with E-state index in [4.69, 9.17) is 0 Å².